The zero-order valence-corrected chi connectivity index (χ0v) is 16.7. The smallest absolute Gasteiger partial charge is 0.123 e. The number of aromatic nitrogens is 4. The van der Waals surface area contributed by atoms with E-state index in [0.29, 0.717) is 5.92 Å². The van der Waals surface area contributed by atoms with Crippen LogP contribution < -0.4 is 0 Å². The average Bonchev–Trinajstić information content (AvgIpc) is 3.38. The maximum Gasteiger partial charge on any atom is 0.123 e. The summed E-state index contributed by atoms with van der Waals surface area (Å²) in [6, 6.07) is 17.3. The van der Waals surface area contributed by atoms with Gasteiger partial charge >= 0.3 is 0 Å². The molecule has 1 N–H and O–H groups in total. The highest BCUT2D eigenvalue weighted by atomic mass is 15.2. The SMILES string of the molecule is c1ccc(Cn2ccnc2CN2CCC[C@@H](Cc3ccc4[nH]ncc4c3)C2)cc1. The van der Waals surface area contributed by atoms with Crippen molar-refractivity contribution < 1.29 is 0 Å². The lowest BCUT2D eigenvalue weighted by atomic mass is 9.91. The topological polar surface area (TPSA) is 49.7 Å². The molecule has 0 unspecified atom stereocenters. The second kappa shape index (κ2) is 8.21. The zero-order valence-electron chi connectivity index (χ0n) is 16.7. The summed E-state index contributed by atoms with van der Waals surface area (Å²) in [5.41, 5.74) is 3.85. The van der Waals surface area contributed by atoms with E-state index < -0.39 is 0 Å². The van der Waals surface area contributed by atoms with Crippen molar-refractivity contribution in [1.82, 2.24) is 24.6 Å². The van der Waals surface area contributed by atoms with E-state index in [1.165, 1.54) is 29.4 Å². The summed E-state index contributed by atoms with van der Waals surface area (Å²) in [6.45, 7) is 4.12. The first-order chi connectivity index (χ1) is 14.3. The predicted octanol–water partition coefficient (Wildman–Crippen LogP) is 4.26. The fourth-order valence-corrected chi connectivity index (χ4v) is 4.53. The van der Waals surface area contributed by atoms with Crippen molar-refractivity contribution in [2.45, 2.75) is 32.4 Å². The normalized spacial score (nSPS) is 17.7. The minimum Gasteiger partial charge on any atom is -0.329 e. The van der Waals surface area contributed by atoms with E-state index in [4.69, 9.17) is 0 Å². The molecule has 4 aromatic rings. The van der Waals surface area contributed by atoms with Crippen molar-refractivity contribution >= 4 is 10.9 Å². The second-order valence-corrected chi connectivity index (χ2v) is 8.20. The summed E-state index contributed by atoms with van der Waals surface area (Å²) >= 11 is 0. The Morgan fingerprint density at radius 1 is 1.03 bits per heavy atom. The number of nitrogens with one attached hydrogen (secondary N) is 1. The van der Waals surface area contributed by atoms with E-state index in [1.807, 2.05) is 12.4 Å². The van der Waals surface area contributed by atoms with Gasteiger partial charge in [0.25, 0.3) is 0 Å². The number of nitrogens with zero attached hydrogens (tertiary/aromatic N) is 4. The van der Waals surface area contributed by atoms with Gasteiger partial charge in [-0.3, -0.25) is 10.00 Å². The lowest BCUT2D eigenvalue weighted by Crippen LogP contribution is -2.36. The minimum absolute atomic E-state index is 0.700. The fraction of sp³-hybridized carbons (Fsp3) is 0.333. The molecule has 0 radical (unpaired) electrons. The van der Waals surface area contributed by atoms with Crippen LogP contribution in [0.3, 0.4) is 0 Å². The molecule has 5 nitrogen and oxygen atoms in total. The van der Waals surface area contributed by atoms with E-state index in [0.717, 1.165) is 43.9 Å². The highest BCUT2D eigenvalue weighted by Gasteiger charge is 2.21. The Morgan fingerprint density at radius 2 is 1.97 bits per heavy atom. The summed E-state index contributed by atoms with van der Waals surface area (Å²) < 4.78 is 2.28. The Morgan fingerprint density at radius 3 is 2.90 bits per heavy atom. The number of imidazole rings is 1. The van der Waals surface area contributed by atoms with Crippen molar-refractivity contribution in [1.29, 1.82) is 0 Å². The lowest BCUT2D eigenvalue weighted by molar-refractivity contribution is 0.162. The minimum atomic E-state index is 0.700. The predicted molar refractivity (Wildman–Crippen MR) is 116 cm³/mol. The number of hydrogen-bond donors (Lipinski definition) is 1. The molecule has 0 aliphatic carbocycles. The van der Waals surface area contributed by atoms with Crippen LogP contribution in [0.2, 0.25) is 0 Å². The van der Waals surface area contributed by atoms with Gasteiger partial charge in [0.1, 0.15) is 5.82 Å². The second-order valence-electron chi connectivity index (χ2n) is 8.20. The van der Waals surface area contributed by atoms with E-state index in [2.05, 4.69) is 79.4 Å². The molecule has 1 aliphatic heterocycles. The number of rotatable bonds is 6. The van der Waals surface area contributed by atoms with Crippen LogP contribution in [0.25, 0.3) is 10.9 Å². The molecule has 0 spiro atoms. The summed E-state index contributed by atoms with van der Waals surface area (Å²) in [5.74, 6) is 1.86. The van der Waals surface area contributed by atoms with Crippen LogP contribution in [0.4, 0.5) is 0 Å². The quantitative estimate of drug-likeness (QED) is 0.539. The number of hydrogen-bond acceptors (Lipinski definition) is 3. The van der Waals surface area contributed by atoms with Crippen LogP contribution in [-0.2, 0) is 19.5 Å². The average molecular weight is 386 g/mol. The van der Waals surface area contributed by atoms with Crippen LogP contribution in [0, 0.1) is 5.92 Å². The molecule has 148 valence electrons. The van der Waals surface area contributed by atoms with Crippen LogP contribution in [-0.4, -0.2) is 37.7 Å². The monoisotopic (exact) mass is 385 g/mol. The maximum absolute atomic E-state index is 4.65. The number of H-pyrrole nitrogens is 1. The molecular weight excluding hydrogens is 358 g/mol. The molecule has 5 heteroatoms. The van der Waals surface area contributed by atoms with Gasteiger partial charge in [0.05, 0.1) is 18.3 Å². The van der Waals surface area contributed by atoms with Gasteiger partial charge in [-0.05, 0) is 55.0 Å². The van der Waals surface area contributed by atoms with Crippen molar-refractivity contribution in [2.24, 2.45) is 5.92 Å². The van der Waals surface area contributed by atoms with Gasteiger partial charge in [0.15, 0.2) is 0 Å². The van der Waals surface area contributed by atoms with Gasteiger partial charge in [-0.25, -0.2) is 4.98 Å². The number of aromatic amines is 1. The Hall–Kier alpha value is -2.92. The third-order valence-electron chi connectivity index (χ3n) is 5.99. The van der Waals surface area contributed by atoms with Gasteiger partial charge in [-0.1, -0.05) is 36.4 Å². The summed E-state index contributed by atoms with van der Waals surface area (Å²) in [5, 5.41) is 8.38. The summed E-state index contributed by atoms with van der Waals surface area (Å²) in [7, 11) is 0. The zero-order chi connectivity index (χ0) is 19.5. The van der Waals surface area contributed by atoms with Crippen molar-refractivity contribution in [3.05, 3.63) is 84.1 Å². The Labute approximate surface area is 171 Å². The Kier molecular flexibility index (Phi) is 5.13. The van der Waals surface area contributed by atoms with E-state index in [-0.39, 0.29) is 0 Å². The Bertz CT molecular complexity index is 1070. The van der Waals surface area contributed by atoms with Crippen LogP contribution in [0.5, 0.6) is 0 Å². The van der Waals surface area contributed by atoms with Crippen molar-refractivity contribution in [3.63, 3.8) is 0 Å². The molecule has 0 saturated carbocycles. The number of fused-ring (bicyclic) bond motifs is 1. The molecule has 1 fully saturated rings. The fourth-order valence-electron chi connectivity index (χ4n) is 4.53. The molecule has 2 aromatic carbocycles. The highest BCUT2D eigenvalue weighted by Crippen LogP contribution is 2.24. The molecular formula is C24H27N5. The third-order valence-corrected chi connectivity index (χ3v) is 5.99. The Balaban J connectivity index is 1.23. The summed E-state index contributed by atoms with van der Waals surface area (Å²) in [4.78, 5) is 7.23. The first kappa shape index (κ1) is 18.1. The van der Waals surface area contributed by atoms with Gasteiger partial charge in [0.2, 0.25) is 0 Å². The van der Waals surface area contributed by atoms with Crippen molar-refractivity contribution in [3.8, 4) is 0 Å². The molecule has 1 saturated heterocycles. The standard InChI is InChI=1S/C24H27N5/c1-2-5-19(6-3-1)17-29-12-10-25-24(29)18-28-11-4-7-21(16-28)13-20-8-9-23-22(14-20)15-26-27-23/h1-3,5-6,8-10,12,14-15,21H,4,7,11,13,16-18H2,(H,26,27)/t21-/m0/s1. The summed E-state index contributed by atoms with van der Waals surface area (Å²) in [6.07, 6.45) is 9.65. The number of likely N-dealkylation sites (tertiary alicyclic amines) is 1. The molecule has 0 amide bonds. The third kappa shape index (κ3) is 4.25. The number of benzene rings is 2. The van der Waals surface area contributed by atoms with Gasteiger partial charge < -0.3 is 4.57 Å². The van der Waals surface area contributed by atoms with Crippen molar-refractivity contribution in [2.75, 3.05) is 13.1 Å². The highest BCUT2D eigenvalue weighted by molar-refractivity contribution is 5.78. The largest absolute Gasteiger partial charge is 0.329 e. The molecule has 1 aliphatic rings. The lowest BCUT2D eigenvalue weighted by Gasteiger charge is -2.32. The van der Waals surface area contributed by atoms with Crippen LogP contribution in [0.1, 0.15) is 29.8 Å². The molecule has 0 bridgehead atoms. The van der Waals surface area contributed by atoms with Crippen LogP contribution >= 0.6 is 0 Å². The van der Waals surface area contributed by atoms with Gasteiger partial charge in [-0.15, -0.1) is 0 Å². The molecule has 3 heterocycles. The van der Waals surface area contributed by atoms with Crippen LogP contribution in [0.15, 0.2) is 67.1 Å². The first-order valence-electron chi connectivity index (χ1n) is 10.5. The molecule has 29 heavy (non-hydrogen) atoms. The molecule has 5 rings (SSSR count). The first-order valence-corrected chi connectivity index (χ1v) is 10.5. The van der Waals surface area contributed by atoms with Gasteiger partial charge in [-0.2, -0.15) is 5.10 Å². The van der Waals surface area contributed by atoms with Gasteiger partial charge in [0, 0.05) is 30.9 Å². The van der Waals surface area contributed by atoms with E-state index >= 15 is 0 Å². The molecule has 2 aromatic heterocycles. The maximum atomic E-state index is 4.65. The molecule has 1 atom stereocenters. The van der Waals surface area contributed by atoms with E-state index in [9.17, 15) is 0 Å². The van der Waals surface area contributed by atoms with E-state index in [1.54, 1.807) is 0 Å². The number of piperidine rings is 1.